The zero-order chi connectivity index (χ0) is 34.3. The van der Waals surface area contributed by atoms with Gasteiger partial charge >= 0.3 is 0 Å². The van der Waals surface area contributed by atoms with Crippen molar-refractivity contribution in [2.24, 2.45) is 0 Å². The molecule has 0 saturated carbocycles. The topological polar surface area (TPSA) is 118 Å². The van der Waals surface area contributed by atoms with Crippen molar-refractivity contribution in [1.29, 1.82) is 0 Å². The van der Waals surface area contributed by atoms with Crippen LogP contribution in [-0.2, 0) is 4.79 Å². The van der Waals surface area contributed by atoms with Crippen LogP contribution in [-0.4, -0.2) is 83.9 Å². The second kappa shape index (κ2) is 15.5. The number of piperazine rings is 1. The predicted octanol–water partition coefficient (Wildman–Crippen LogP) is 6.52. The van der Waals surface area contributed by atoms with E-state index in [0.717, 1.165) is 50.5 Å². The number of hydrogen-bond acceptors (Lipinski definition) is 9. The van der Waals surface area contributed by atoms with Crippen molar-refractivity contribution in [3.8, 4) is 0 Å². The van der Waals surface area contributed by atoms with Gasteiger partial charge in [0.25, 0.3) is 5.91 Å². The van der Waals surface area contributed by atoms with Crippen LogP contribution < -0.4 is 26.2 Å². The summed E-state index contributed by atoms with van der Waals surface area (Å²) >= 11 is 6.41. The number of benzene rings is 3. The van der Waals surface area contributed by atoms with Gasteiger partial charge in [-0.3, -0.25) is 14.5 Å². The molecule has 3 heterocycles. The van der Waals surface area contributed by atoms with E-state index in [1.807, 2.05) is 37.3 Å². The van der Waals surface area contributed by atoms with Gasteiger partial charge in [0, 0.05) is 62.9 Å². The Kier molecular flexibility index (Phi) is 10.7. The number of carbonyl (C=O) groups excluding carboxylic acids is 2. The molecule has 11 nitrogen and oxygen atoms in total. The molecule has 2 saturated heterocycles. The fourth-order valence-electron chi connectivity index (χ4n) is 6.25. The van der Waals surface area contributed by atoms with Crippen molar-refractivity contribution in [1.82, 2.24) is 19.8 Å². The second-order valence-corrected chi connectivity index (χ2v) is 12.8. The lowest BCUT2D eigenvalue weighted by Crippen LogP contribution is -2.52. The van der Waals surface area contributed by atoms with Crippen LogP contribution in [0.5, 0.6) is 0 Å². The van der Waals surface area contributed by atoms with Gasteiger partial charge in [0.15, 0.2) is 0 Å². The van der Waals surface area contributed by atoms with Crippen LogP contribution in [0.4, 0.5) is 40.2 Å². The Morgan fingerprint density at radius 1 is 0.878 bits per heavy atom. The molecule has 0 bridgehead atoms. The van der Waals surface area contributed by atoms with Crippen LogP contribution in [0.15, 0.2) is 85.6 Å². The minimum atomic E-state index is -0.446. The molecule has 0 atom stereocenters. The van der Waals surface area contributed by atoms with E-state index in [4.69, 9.17) is 16.6 Å². The first-order valence-electron chi connectivity index (χ1n) is 16.5. The van der Waals surface area contributed by atoms with E-state index in [9.17, 15) is 9.59 Å². The van der Waals surface area contributed by atoms with Gasteiger partial charge in [-0.05, 0) is 80.9 Å². The minimum absolute atomic E-state index is 0.185. The molecule has 0 aliphatic carbocycles. The van der Waals surface area contributed by atoms with Crippen LogP contribution in [0.2, 0.25) is 5.02 Å². The molecule has 3 aromatic carbocycles. The molecule has 0 unspecified atom stereocenters. The SMILES string of the molecule is C=CC(=O)Nc1ccccc1Nc1nc(Nc2ccc(N3CCC(N4CCN(C)CC4)CC3)cc2)ncc1C(=O)Nc1c(C)cccc1Cl. The predicted molar refractivity (Wildman–Crippen MR) is 199 cm³/mol. The maximum atomic E-state index is 13.6. The van der Waals surface area contributed by atoms with Crippen LogP contribution in [0.1, 0.15) is 28.8 Å². The highest BCUT2D eigenvalue weighted by Crippen LogP contribution is 2.31. The first kappa shape index (κ1) is 33.9. The van der Waals surface area contributed by atoms with Crippen LogP contribution in [0.25, 0.3) is 0 Å². The molecule has 2 amide bonds. The second-order valence-electron chi connectivity index (χ2n) is 12.4. The molecule has 6 rings (SSSR count). The highest BCUT2D eigenvalue weighted by atomic mass is 35.5. The number of anilines is 7. The van der Waals surface area contributed by atoms with Crippen molar-refractivity contribution in [3.05, 3.63) is 102 Å². The van der Waals surface area contributed by atoms with E-state index < -0.39 is 5.91 Å². The zero-order valence-electron chi connectivity index (χ0n) is 27.9. The minimum Gasteiger partial charge on any atom is -0.371 e. The summed E-state index contributed by atoms with van der Waals surface area (Å²) < 4.78 is 0. The number of piperidine rings is 1. The average Bonchev–Trinajstić information content (AvgIpc) is 3.11. The summed E-state index contributed by atoms with van der Waals surface area (Å²) in [5, 5.41) is 12.6. The third kappa shape index (κ3) is 8.37. The third-order valence-electron chi connectivity index (χ3n) is 9.12. The van der Waals surface area contributed by atoms with E-state index in [-0.39, 0.29) is 17.3 Å². The van der Waals surface area contributed by atoms with Crippen molar-refractivity contribution in [3.63, 3.8) is 0 Å². The fraction of sp³-hybridized carbons (Fsp3) is 0.297. The fourth-order valence-corrected chi connectivity index (χ4v) is 6.52. The summed E-state index contributed by atoms with van der Waals surface area (Å²) in [5.74, 6) is -0.283. The number of amides is 2. The summed E-state index contributed by atoms with van der Waals surface area (Å²) in [4.78, 5) is 42.4. The zero-order valence-corrected chi connectivity index (χ0v) is 28.6. The lowest BCUT2D eigenvalue weighted by molar-refractivity contribution is -0.111. The molecule has 4 N–H and O–H groups in total. The molecular formula is C37H42ClN9O2. The van der Waals surface area contributed by atoms with E-state index in [0.29, 0.717) is 34.1 Å². The molecular weight excluding hydrogens is 638 g/mol. The maximum Gasteiger partial charge on any atom is 0.261 e. The van der Waals surface area contributed by atoms with Crippen molar-refractivity contribution in [2.75, 3.05) is 72.5 Å². The lowest BCUT2D eigenvalue weighted by atomic mass is 10.0. The van der Waals surface area contributed by atoms with Gasteiger partial charge in [0.2, 0.25) is 11.9 Å². The average molecular weight is 680 g/mol. The Morgan fingerprint density at radius 3 is 2.29 bits per heavy atom. The molecule has 0 radical (unpaired) electrons. The normalized spacial score (nSPS) is 15.8. The number of aryl methyl sites for hydroxylation is 1. The number of likely N-dealkylation sites (N-methyl/N-ethyl adjacent to an activating group) is 1. The number of carbonyl (C=O) groups is 2. The van der Waals surface area contributed by atoms with Crippen LogP contribution >= 0.6 is 11.6 Å². The summed E-state index contributed by atoms with van der Waals surface area (Å²) in [6.45, 7) is 12.1. The Hall–Kier alpha value is -4.97. The maximum absolute atomic E-state index is 13.6. The number of nitrogens with zero attached hydrogens (tertiary/aromatic N) is 5. The first-order chi connectivity index (χ1) is 23.8. The molecule has 1 aromatic heterocycles. The first-order valence-corrected chi connectivity index (χ1v) is 16.9. The van der Waals surface area contributed by atoms with E-state index in [1.165, 1.54) is 30.8 Å². The highest BCUT2D eigenvalue weighted by molar-refractivity contribution is 6.34. The Labute approximate surface area is 292 Å². The number of nitrogens with one attached hydrogen (secondary N) is 4. The van der Waals surface area contributed by atoms with Gasteiger partial charge in [-0.15, -0.1) is 0 Å². The number of aromatic nitrogens is 2. The van der Waals surface area contributed by atoms with E-state index >= 15 is 0 Å². The smallest absolute Gasteiger partial charge is 0.261 e. The van der Waals surface area contributed by atoms with Gasteiger partial charge in [-0.25, -0.2) is 4.98 Å². The van der Waals surface area contributed by atoms with Crippen LogP contribution in [0, 0.1) is 6.92 Å². The quantitative estimate of drug-likeness (QED) is 0.139. The Morgan fingerprint density at radius 2 is 1.59 bits per heavy atom. The number of halogens is 1. The summed E-state index contributed by atoms with van der Waals surface area (Å²) in [6.07, 6.45) is 4.99. The van der Waals surface area contributed by atoms with Crippen molar-refractivity contribution >= 4 is 63.6 Å². The molecule has 4 aromatic rings. The largest absolute Gasteiger partial charge is 0.371 e. The van der Waals surface area contributed by atoms with Crippen LogP contribution in [0.3, 0.4) is 0 Å². The van der Waals surface area contributed by atoms with Crippen molar-refractivity contribution in [2.45, 2.75) is 25.8 Å². The summed E-state index contributed by atoms with van der Waals surface area (Å²) in [6, 6.07) is 21.5. The standard InChI is InChI=1S/C37H42ClN9O2/c1-4-33(48)41-31-10-5-6-11-32(31)42-35-29(36(49)43-34-25(2)8-7-9-30(34)38)24-39-37(44-35)40-26-12-14-27(15-13-26)46-18-16-28(17-19-46)47-22-20-45(3)21-23-47/h4-15,24,28H,1,16-23H2,2-3H3,(H,41,48)(H,43,49)(H2,39,40,42,44). The summed E-state index contributed by atoms with van der Waals surface area (Å²) in [5.41, 5.74) is 4.53. The summed E-state index contributed by atoms with van der Waals surface area (Å²) in [7, 11) is 2.20. The molecule has 12 heteroatoms. The van der Waals surface area contributed by atoms with Gasteiger partial charge in [-0.2, -0.15) is 4.98 Å². The molecule has 0 spiro atoms. The monoisotopic (exact) mass is 679 g/mol. The highest BCUT2D eigenvalue weighted by Gasteiger charge is 2.27. The number of hydrogen-bond donors (Lipinski definition) is 4. The molecule has 254 valence electrons. The molecule has 2 aliphatic rings. The van der Waals surface area contributed by atoms with E-state index in [1.54, 1.807) is 24.3 Å². The lowest BCUT2D eigenvalue weighted by Gasteiger charge is -2.42. The molecule has 49 heavy (non-hydrogen) atoms. The Balaban J connectivity index is 1.19. The van der Waals surface area contributed by atoms with Gasteiger partial charge in [0.1, 0.15) is 11.4 Å². The Bertz CT molecular complexity index is 1780. The third-order valence-corrected chi connectivity index (χ3v) is 9.44. The number of rotatable bonds is 10. The molecule has 2 aliphatic heterocycles. The van der Waals surface area contributed by atoms with Gasteiger partial charge < -0.3 is 31.1 Å². The van der Waals surface area contributed by atoms with Gasteiger partial charge in [0.05, 0.1) is 22.1 Å². The number of para-hydroxylation sites is 3. The van der Waals surface area contributed by atoms with Crippen molar-refractivity contribution < 1.29 is 9.59 Å². The van der Waals surface area contributed by atoms with Gasteiger partial charge in [-0.1, -0.05) is 42.4 Å². The van der Waals surface area contributed by atoms with E-state index in [2.05, 4.69) is 66.7 Å². The molecule has 2 fully saturated rings.